The number of hydrogen-bond acceptors (Lipinski definition) is 2. The number of urea groups is 1. The molecule has 0 saturated carbocycles. The van der Waals surface area contributed by atoms with Crippen molar-refractivity contribution in [1.29, 1.82) is 0 Å². The average Bonchev–Trinajstić information content (AvgIpc) is 2.43. The van der Waals surface area contributed by atoms with Crippen LogP contribution in [0.25, 0.3) is 0 Å². The lowest BCUT2D eigenvalue weighted by molar-refractivity contribution is -0.144. The smallest absolute Gasteiger partial charge is 0.329 e. The zero-order valence-electron chi connectivity index (χ0n) is 11.6. The largest absolute Gasteiger partial charge is 0.480 e. The summed E-state index contributed by atoms with van der Waals surface area (Å²) in [6.07, 6.45) is 0.540. The first-order valence-electron chi connectivity index (χ1n) is 6.48. The number of aliphatic carboxylic acids is 1. The van der Waals surface area contributed by atoms with E-state index in [9.17, 15) is 19.1 Å². The third-order valence-electron chi connectivity index (χ3n) is 3.37. The summed E-state index contributed by atoms with van der Waals surface area (Å²) >= 11 is 0. The minimum Gasteiger partial charge on any atom is -0.480 e. The molecule has 1 aromatic rings. The number of benzene rings is 1. The van der Waals surface area contributed by atoms with E-state index < -0.39 is 23.4 Å². The number of halogens is 1. The SMILES string of the molecule is CCC(CC)(NC(=O)NCc1ccccc1F)C(=O)O. The number of hydrogen-bond donors (Lipinski definition) is 3. The molecule has 0 unspecified atom stereocenters. The molecule has 20 heavy (non-hydrogen) atoms. The Morgan fingerprint density at radius 3 is 2.35 bits per heavy atom. The zero-order valence-corrected chi connectivity index (χ0v) is 11.6. The van der Waals surface area contributed by atoms with Crippen LogP contribution in [0.15, 0.2) is 24.3 Å². The molecule has 6 heteroatoms. The Hall–Kier alpha value is -2.11. The molecule has 0 bridgehead atoms. The second kappa shape index (κ2) is 6.88. The molecule has 0 radical (unpaired) electrons. The fourth-order valence-electron chi connectivity index (χ4n) is 1.86. The summed E-state index contributed by atoms with van der Waals surface area (Å²) in [5.74, 6) is -1.49. The van der Waals surface area contributed by atoms with Gasteiger partial charge in [-0.2, -0.15) is 0 Å². The van der Waals surface area contributed by atoms with Crippen LogP contribution in [0.1, 0.15) is 32.3 Å². The normalized spacial score (nSPS) is 10.9. The van der Waals surface area contributed by atoms with Crippen LogP contribution in [-0.4, -0.2) is 22.6 Å². The van der Waals surface area contributed by atoms with Crippen molar-refractivity contribution in [1.82, 2.24) is 10.6 Å². The maximum atomic E-state index is 13.4. The van der Waals surface area contributed by atoms with Gasteiger partial charge in [0.15, 0.2) is 0 Å². The van der Waals surface area contributed by atoms with Crippen molar-refractivity contribution in [2.75, 3.05) is 0 Å². The molecule has 0 aliphatic carbocycles. The minimum absolute atomic E-state index is 0.00162. The molecule has 0 spiro atoms. The van der Waals surface area contributed by atoms with E-state index in [0.717, 1.165) is 0 Å². The fourth-order valence-corrected chi connectivity index (χ4v) is 1.86. The van der Waals surface area contributed by atoms with Gasteiger partial charge in [-0.25, -0.2) is 14.0 Å². The first-order chi connectivity index (χ1) is 9.45. The Labute approximate surface area is 117 Å². The van der Waals surface area contributed by atoms with Crippen LogP contribution in [0.2, 0.25) is 0 Å². The van der Waals surface area contributed by atoms with Gasteiger partial charge in [0.25, 0.3) is 0 Å². The van der Waals surface area contributed by atoms with E-state index in [0.29, 0.717) is 5.56 Å². The van der Waals surface area contributed by atoms with Gasteiger partial charge in [-0.1, -0.05) is 32.0 Å². The fraction of sp³-hybridized carbons (Fsp3) is 0.429. The predicted octanol–water partition coefficient (Wildman–Crippen LogP) is 2.27. The van der Waals surface area contributed by atoms with Gasteiger partial charge in [-0.15, -0.1) is 0 Å². The molecule has 0 aliphatic heterocycles. The molecule has 0 aromatic heterocycles. The lowest BCUT2D eigenvalue weighted by Gasteiger charge is -2.28. The van der Waals surface area contributed by atoms with E-state index in [1.165, 1.54) is 6.07 Å². The first-order valence-corrected chi connectivity index (χ1v) is 6.48. The van der Waals surface area contributed by atoms with E-state index in [2.05, 4.69) is 10.6 Å². The highest BCUT2D eigenvalue weighted by Gasteiger charge is 2.36. The summed E-state index contributed by atoms with van der Waals surface area (Å²) in [6, 6.07) is 5.45. The predicted molar refractivity (Wildman–Crippen MR) is 72.7 cm³/mol. The van der Waals surface area contributed by atoms with Gasteiger partial charge in [0.2, 0.25) is 0 Å². The molecule has 0 fully saturated rings. The van der Waals surface area contributed by atoms with Crippen molar-refractivity contribution >= 4 is 12.0 Å². The van der Waals surface area contributed by atoms with Gasteiger partial charge in [0.1, 0.15) is 11.4 Å². The summed E-state index contributed by atoms with van der Waals surface area (Å²) in [6.45, 7) is 3.38. The Balaban J connectivity index is 2.64. The molecule has 1 aromatic carbocycles. The average molecular weight is 282 g/mol. The van der Waals surface area contributed by atoms with Crippen molar-refractivity contribution in [3.8, 4) is 0 Å². The van der Waals surface area contributed by atoms with Crippen LogP contribution in [0.4, 0.5) is 9.18 Å². The molecule has 110 valence electrons. The lowest BCUT2D eigenvalue weighted by Crippen LogP contribution is -2.56. The highest BCUT2D eigenvalue weighted by molar-refractivity contribution is 5.86. The maximum Gasteiger partial charge on any atom is 0.329 e. The topological polar surface area (TPSA) is 78.4 Å². The molecule has 0 saturated heterocycles. The number of rotatable bonds is 6. The maximum absolute atomic E-state index is 13.4. The highest BCUT2D eigenvalue weighted by atomic mass is 19.1. The van der Waals surface area contributed by atoms with E-state index in [-0.39, 0.29) is 19.4 Å². The molecule has 3 N–H and O–H groups in total. The van der Waals surface area contributed by atoms with Crippen LogP contribution in [0.5, 0.6) is 0 Å². The van der Waals surface area contributed by atoms with Crippen molar-refractivity contribution < 1.29 is 19.1 Å². The molecular formula is C14H19FN2O3. The number of carbonyl (C=O) groups excluding carboxylic acids is 1. The number of carboxylic acid groups (broad SMARTS) is 1. The quantitative estimate of drug-likeness (QED) is 0.749. The second-order valence-corrected chi connectivity index (χ2v) is 4.49. The Bertz CT molecular complexity index is 487. The molecule has 0 atom stereocenters. The van der Waals surface area contributed by atoms with E-state index in [4.69, 9.17) is 0 Å². The molecule has 0 heterocycles. The van der Waals surface area contributed by atoms with Crippen LogP contribution in [-0.2, 0) is 11.3 Å². The summed E-state index contributed by atoms with van der Waals surface area (Å²) in [5.41, 5.74) is -0.948. The van der Waals surface area contributed by atoms with Gasteiger partial charge in [0, 0.05) is 12.1 Å². The van der Waals surface area contributed by atoms with Crippen molar-refractivity contribution in [2.24, 2.45) is 0 Å². The van der Waals surface area contributed by atoms with E-state index >= 15 is 0 Å². The Morgan fingerprint density at radius 2 is 1.85 bits per heavy atom. The second-order valence-electron chi connectivity index (χ2n) is 4.49. The Kier molecular flexibility index (Phi) is 5.49. The standard InChI is InChI=1S/C14H19FN2O3/c1-3-14(4-2,12(18)19)17-13(20)16-9-10-7-5-6-8-11(10)15/h5-8H,3-4,9H2,1-2H3,(H,18,19)(H2,16,17,20). The van der Waals surface area contributed by atoms with E-state index in [1.807, 2.05) is 0 Å². The minimum atomic E-state index is -1.29. The Morgan fingerprint density at radius 1 is 1.25 bits per heavy atom. The summed E-state index contributed by atoms with van der Waals surface area (Å²) in [5, 5.41) is 14.1. The number of amides is 2. The number of carbonyl (C=O) groups is 2. The summed E-state index contributed by atoms with van der Waals surface area (Å²) in [7, 11) is 0. The number of nitrogens with one attached hydrogen (secondary N) is 2. The summed E-state index contributed by atoms with van der Waals surface area (Å²) in [4.78, 5) is 23.0. The van der Waals surface area contributed by atoms with Gasteiger partial charge >= 0.3 is 12.0 Å². The third kappa shape index (κ3) is 3.69. The lowest BCUT2D eigenvalue weighted by atomic mass is 9.93. The summed E-state index contributed by atoms with van der Waals surface area (Å²) < 4.78 is 13.4. The first kappa shape index (κ1) is 15.9. The van der Waals surface area contributed by atoms with Gasteiger partial charge < -0.3 is 15.7 Å². The van der Waals surface area contributed by atoms with Crippen LogP contribution < -0.4 is 10.6 Å². The number of carboxylic acids is 1. The monoisotopic (exact) mass is 282 g/mol. The third-order valence-corrected chi connectivity index (χ3v) is 3.37. The van der Waals surface area contributed by atoms with Crippen LogP contribution in [0, 0.1) is 5.82 Å². The zero-order chi connectivity index (χ0) is 15.2. The van der Waals surface area contributed by atoms with Crippen molar-refractivity contribution in [3.05, 3.63) is 35.6 Å². The van der Waals surface area contributed by atoms with Gasteiger partial charge in [-0.05, 0) is 18.9 Å². The highest BCUT2D eigenvalue weighted by Crippen LogP contribution is 2.15. The molecule has 2 amide bonds. The van der Waals surface area contributed by atoms with E-state index in [1.54, 1.807) is 32.0 Å². The molecule has 0 aliphatic rings. The van der Waals surface area contributed by atoms with Crippen LogP contribution in [0.3, 0.4) is 0 Å². The van der Waals surface area contributed by atoms with Crippen molar-refractivity contribution in [3.63, 3.8) is 0 Å². The molecule has 5 nitrogen and oxygen atoms in total. The van der Waals surface area contributed by atoms with Crippen molar-refractivity contribution in [2.45, 2.75) is 38.8 Å². The van der Waals surface area contributed by atoms with Gasteiger partial charge in [0.05, 0.1) is 0 Å². The van der Waals surface area contributed by atoms with Gasteiger partial charge in [-0.3, -0.25) is 0 Å². The van der Waals surface area contributed by atoms with Crippen LogP contribution >= 0.6 is 0 Å². The molecule has 1 rings (SSSR count). The molecular weight excluding hydrogens is 263 g/mol.